The van der Waals surface area contributed by atoms with Crippen LogP contribution >= 0.6 is 58.0 Å². The molecule has 250 valence electrons. The molecule has 0 saturated heterocycles. The Labute approximate surface area is 298 Å². The van der Waals surface area contributed by atoms with Gasteiger partial charge in [0, 0.05) is 12.1 Å². The fraction of sp³-hybridized carbons (Fsp3) is 0.265. The standard InChI is InChI=1S/C34H33Cl5N2O6/c1-5-19(4)45-20-10-12-21(13-11-20)46-27-16-23(40-17-44-33-31(38)29(36)28(35)30(37)32(33)39)25(42)15-24(27)41-34(43)26(6-2)47-22-9-7-8-18(3)14-22/h7-16,19,26,40,42H,5-6,17H2,1-4H3,(H,41,43). The van der Waals surface area contributed by atoms with Crippen LogP contribution in [0.5, 0.6) is 34.5 Å². The van der Waals surface area contributed by atoms with Gasteiger partial charge in [0.15, 0.2) is 24.3 Å². The number of hydrogen-bond acceptors (Lipinski definition) is 7. The third kappa shape index (κ3) is 9.36. The molecule has 0 aliphatic heterocycles. The van der Waals surface area contributed by atoms with Crippen molar-refractivity contribution in [1.82, 2.24) is 0 Å². The average Bonchev–Trinajstić information content (AvgIpc) is 3.05. The number of aryl methyl sites for hydroxylation is 1. The zero-order valence-electron chi connectivity index (χ0n) is 25.9. The molecule has 13 heteroatoms. The van der Waals surface area contributed by atoms with E-state index < -0.39 is 12.0 Å². The smallest absolute Gasteiger partial charge is 0.265 e. The number of halogens is 5. The summed E-state index contributed by atoms with van der Waals surface area (Å²) < 4.78 is 23.7. The predicted molar refractivity (Wildman–Crippen MR) is 190 cm³/mol. The van der Waals surface area contributed by atoms with Gasteiger partial charge in [-0.25, -0.2) is 0 Å². The summed E-state index contributed by atoms with van der Waals surface area (Å²) in [4.78, 5) is 13.4. The Morgan fingerprint density at radius 1 is 0.787 bits per heavy atom. The van der Waals surface area contributed by atoms with Gasteiger partial charge in [-0.05, 0) is 68.7 Å². The first-order chi connectivity index (χ1) is 22.4. The molecule has 4 aromatic rings. The molecule has 0 heterocycles. The number of carbonyl (C=O) groups is 1. The molecule has 0 fully saturated rings. The molecule has 2 atom stereocenters. The number of benzene rings is 4. The molecule has 0 aliphatic rings. The molecule has 0 aliphatic carbocycles. The van der Waals surface area contributed by atoms with Gasteiger partial charge in [-0.3, -0.25) is 4.79 Å². The van der Waals surface area contributed by atoms with Crippen LogP contribution in [0.15, 0.2) is 60.7 Å². The first-order valence-electron chi connectivity index (χ1n) is 14.7. The minimum absolute atomic E-state index is 0.000928. The molecule has 0 bridgehead atoms. The largest absolute Gasteiger partial charge is 0.506 e. The van der Waals surface area contributed by atoms with Crippen LogP contribution in [0.25, 0.3) is 0 Å². The quantitative estimate of drug-likeness (QED) is 0.0512. The summed E-state index contributed by atoms with van der Waals surface area (Å²) in [6.45, 7) is 7.57. The Bertz CT molecular complexity index is 1690. The van der Waals surface area contributed by atoms with Crippen LogP contribution in [0.3, 0.4) is 0 Å². The Hall–Kier alpha value is -3.40. The molecule has 47 heavy (non-hydrogen) atoms. The molecular formula is C34H33Cl5N2O6. The van der Waals surface area contributed by atoms with Crippen LogP contribution < -0.4 is 29.6 Å². The van der Waals surface area contributed by atoms with Crippen molar-refractivity contribution < 1.29 is 28.8 Å². The Morgan fingerprint density at radius 2 is 1.43 bits per heavy atom. The van der Waals surface area contributed by atoms with Gasteiger partial charge < -0.3 is 34.7 Å². The summed E-state index contributed by atoms with van der Waals surface area (Å²) in [5, 5.41) is 16.6. The topological polar surface area (TPSA) is 98.3 Å². The van der Waals surface area contributed by atoms with Crippen molar-refractivity contribution in [2.75, 3.05) is 17.4 Å². The summed E-state index contributed by atoms with van der Waals surface area (Å²) in [7, 11) is 0. The normalized spacial score (nSPS) is 12.2. The number of anilines is 2. The molecule has 4 rings (SSSR count). The van der Waals surface area contributed by atoms with Crippen molar-refractivity contribution >= 4 is 75.3 Å². The van der Waals surface area contributed by atoms with Gasteiger partial charge in [0.25, 0.3) is 5.91 Å². The minimum Gasteiger partial charge on any atom is -0.506 e. The maximum Gasteiger partial charge on any atom is 0.265 e. The summed E-state index contributed by atoms with van der Waals surface area (Å²) in [6.07, 6.45) is 0.481. The number of carbonyl (C=O) groups excluding carboxylic acids is 1. The number of hydrogen-bond donors (Lipinski definition) is 3. The lowest BCUT2D eigenvalue weighted by Crippen LogP contribution is -2.32. The summed E-state index contributed by atoms with van der Waals surface area (Å²) >= 11 is 30.9. The molecule has 0 aromatic heterocycles. The molecule has 0 spiro atoms. The van der Waals surface area contributed by atoms with Crippen molar-refractivity contribution in [3.05, 3.63) is 91.3 Å². The van der Waals surface area contributed by atoms with Gasteiger partial charge in [-0.15, -0.1) is 0 Å². The molecule has 1 amide bonds. The zero-order valence-corrected chi connectivity index (χ0v) is 29.7. The van der Waals surface area contributed by atoms with Gasteiger partial charge >= 0.3 is 0 Å². The highest BCUT2D eigenvalue weighted by molar-refractivity contribution is 6.55. The van der Waals surface area contributed by atoms with E-state index in [4.69, 9.17) is 77.0 Å². The lowest BCUT2D eigenvalue weighted by Gasteiger charge is -2.20. The first kappa shape index (κ1) is 36.4. The van der Waals surface area contributed by atoms with Crippen LogP contribution in [0.1, 0.15) is 39.2 Å². The second-order valence-electron chi connectivity index (χ2n) is 10.5. The number of amides is 1. The summed E-state index contributed by atoms with van der Waals surface area (Å²) in [5.41, 5.74) is 1.40. The number of rotatable bonds is 14. The van der Waals surface area contributed by atoms with Gasteiger partial charge in [0.1, 0.15) is 33.0 Å². The molecule has 0 saturated carbocycles. The lowest BCUT2D eigenvalue weighted by molar-refractivity contribution is -0.122. The minimum atomic E-state index is -0.817. The van der Waals surface area contributed by atoms with Crippen LogP contribution in [0.4, 0.5) is 11.4 Å². The number of phenols is 1. The SMILES string of the molecule is CCC(C)Oc1ccc(Oc2cc(NCOc3c(Cl)c(Cl)c(Cl)c(Cl)c3Cl)c(O)cc2NC(=O)C(CC)Oc2cccc(C)c2)cc1. The highest BCUT2D eigenvalue weighted by Crippen LogP contribution is 2.48. The third-order valence-corrected chi connectivity index (χ3v) is 9.14. The monoisotopic (exact) mass is 740 g/mol. The van der Waals surface area contributed by atoms with Crippen molar-refractivity contribution in [3.63, 3.8) is 0 Å². The Balaban J connectivity index is 1.59. The highest BCUT2D eigenvalue weighted by Gasteiger charge is 2.23. The second-order valence-corrected chi connectivity index (χ2v) is 12.4. The van der Waals surface area contributed by atoms with Crippen LogP contribution in [-0.4, -0.2) is 30.0 Å². The van der Waals surface area contributed by atoms with E-state index in [0.717, 1.165) is 12.0 Å². The summed E-state index contributed by atoms with van der Waals surface area (Å²) in [5.74, 6) is 1.27. The van der Waals surface area contributed by atoms with Crippen LogP contribution in [0, 0.1) is 6.92 Å². The lowest BCUT2D eigenvalue weighted by atomic mass is 10.2. The predicted octanol–water partition coefficient (Wildman–Crippen LogP) is 11.2. The fourth-order valence-corrected chi connectivity index (χ4v) is 5.44. The molecule has 4 aromatic carbocycles. The number of aromatic hydroxyl groups is 1. The molecular weight excluding hydrogens is 710 g/mol. The third-order valence-electron chi connectivity index (χ3n) is 6.90. The molecule has 2 unspecified atom stereocenters. The van der Waals surface area contributed by atoms with E-state index in [9.17, 15) is 9.90 Å². The fourth-order valence-electron chi connectivity index (χ4n) is 4.21. The maximum atomic E-state index is 13.4. The number of phenolic OH excluding ortho intramolecular Hbond substituents is 1. The molecule has 3 N–H and O–H groups in total. The van der Waals surface area contributed by atoms with Crippen molar-refractivity contribution in [3.8, 4) is 34.5 Å². The van der Waals surface area contributed by atoms with Gasteiger partial charge in [0.05, 0.1) is 32.5 Å². The maximum absolute atomic E-state index is 13.4. The first-order valence-corrected chi connectivity index (χ1v) is 16.5. The van der Waals surface area contributed by atoms with E-state index in [2.05, 4.69) is 10.6 Å². The van der Waals surface area contributed by atoms with Crippen LogP contribution in [-0.2, 0) is 4.79 Å². The van der Waals surface area contributed by atoms with E-state index in [1.54, 1.807) is 30.3 Å². The zero-order chi connectivity index (χ0) is 34.2. The molecule has 8 nitrogen and oxygen atoms in total. The molecule has 0 radical (unpaired) electrons. The highest BCUT2D eigenvalue weighted by atomic mass is 35.5. The number of nitrogens with one attached hydrogen (secondary N) is 2. The van der Waals surface area contributed by atoms with E-state index >= 15 is 0 Å². The Morgan fingerprint density at radius 3 is 2.04 bits per heavy atom. The van der Waals surface area contributed by atoms with E-state index in [0.29, 0.717) is 23.7 Å². The average molecular weight is 743 g/mol. The summed E-state index contributed by atoms with van der Waals surface area (Å²) in [6, 6.07) is 17.3. The van der Waals surface area contributed by atoms with Gasteiger partial charge in [-0.2, -0.15) is 0 Å². The van der Waals surface area contributed by atoms with E-state index in [1.807, 2.05) is 45.9 Å². The van der Waals surface area contributed by atoms with Gasteiger partial charge in [0.2, 0.25) is 0 Å². The van der Waals surface area contributed by atoms with Crippen molar-refractivity contribution in [2.24, 2.45) is 0 Å². The van der Waals surface area contributed by atoms with Crippen molar-refractivity contribution in [1.29, 1.82) is 0 Å². The van der Waals surface area contributed by atoms with E-state index in [1.165, 1.54) is 12.1 Å². The van der Waals surface area contributed by atoms with Crippen molar-refractivity contribution in [2.45, 2.75) is 52.7 Å². The van der Waals surface area contributed by atoms with E-state index in [-0.39, 0.29) is 66.6 Å². The number of ether oxygens (including phenoxy) is 4. The van der Waals surface area contributed by atoms with Crippen LogP contribution in [0.2, 0.25) is 25.1 Å². The Kier molecular flexibility index (Phi) is 12.9. The van der Waals surface area contributed by atoms with Gasteiger partial charge in [-0.1, -0.05) is 84.0 Å². The second kappa shape index (κ2) is 16.6.